The standard InChI is InChI=1S/C32H70S6/c1-12-15-18-20-23-28-38(37-32(9,10)11,33-25-21-17-14-3,35-27-24-30(4)5,36-29-31(6,7)8)34-26-22-19-16-13-2/h30H,12-29H2,1-11H3. The van der Waals surface area contributed by atoms with Crippen molar-refractivity contribution in [1.82, 2.24) is 0 Å². The molecule has 234 valence electrons. The number of hydrogen-bond acceptors (Lipinski definition) is 5. The molecule has 0 aromatic carbocycles. The molecule has 0 fully saturated rings. The van der Waals surface area contributed by atoms with Crippen LogP contribution in [0, 0.1) is 11.3 Å². The van der Waals surface area contributed by atoms with E-state index in [0.717, 1.165) is 5.92 Å². The Labute approximate surface area is 260 Å². The molecule has 0 rings (SSSR count). The van der Waals surface area contributed by atoms with Crippen LogP contribution in [0.4, 0.5) is 0 Å². The van der Waals surface area contributed by atoms with E-state index < -0.39 is 3.45 Å². The first-order chi connectivity index (χ1) is 17.6. The van der Waals surface area contributed by atoms with E-state index in [1.165, 1.54) is 112 Å². The largest absolute Gasteiger partial charge is 0.0941 e. The van der Waals surface area contributed by atoms with Gasteiger partial charge in [0.1, 0.15) is 0 Å². The molecule has 0 unspecified atom stereocenters. The fraction of sp³-hybridized carbons (Fsp3) is 1.00. The van der Waals surface area contributed by atoms with Crippen LogP contribution in [-0.4, -0.2) is 33.5 Å². The van der Waals surface area contributed by atoms with Gasteiger partial charge < -0.3 is 0 Å². The SMILES string of the molecule is CCCCCCCS(SCCCCC)(SCCCCCC)(SCCC(C)C)(SCC(C)(C)C)SC(C)(C)C. The van der Waals surface area contributed by atoms with Crippen molar-refractivity contribution in [2.75, 3.05) is 28.8 Å². The summed E-state index contributed by atoms with van der Waals surface area (Å²) in [5, 5.41) is 0. The van der Waals surface area contributed by atoms with Crippen molar-refractivity contribution in [2.45, 2.75) is 164 Å². The predicted octanol–water partition coefficient (Wildman–Crippen LogP) is 14.7. The summed E-state index contributed by atoms with van der Waals surface area (Å²) in [5.74, 6) is 7.45. The summed E-state index contributed by atoms with van der Waals surface area (Å²) in [5.41, 5.74) is 0.337. The highest BCUT2D eigenvalue weighted by atomic mass is 34.4. The van der Waals surface area contributed by atoms with Crippen molar-refractivity contribution in [2.24, 2.45) is 11.3 Å². The van der Waals surface area contributed by atoms with Crippen molar-refractivity contribution in [3.05, 3.63) is 0 Å². The molecule has 0 nitrogen and oxygen atoms in total. The van der Waals surface area contributed by atoms with Gasteiger partial charge in [0.2, 0.25) is 0 Å². The summed E-state index contributed by atoms with van der Waals surface area (Å²) in [6.07, 6.45) is 17.9. The minimum absolute atomic E-state index is 0.245. The molecule has 0 heterocycles. The van der Waals surface area contributed by atoms with Gasteiger partial charge in [-0.25, -0.2) is 0 Å². The Morgan fingerprint density at radius 3 is 1.47 bits per heavy atom. The molecule has 0 saturated heterocycles. The van der Waals surface area contributed by atoms with Crippen LogP contribution in [0.1, 0.15) is 160 Å². The van der Waals surface area contributed by atoms with Crippen molar-refractivity contribution < 1.29 is 0 Å². The lowest BCUT2D eigenvalue weighted by Gasteiger charge is -2.77. The van der Waals surface area contributed by atoms with Gasteiger partial charge in [-0.05, 0) is 37.0 Å². The Kier molecular flexibility index (Phi) is 19.7. The summed E-state index contributed by atoms with van der Waals surface area (Å²) in [6.45, 7) is 26.9. The first-order valence-corrected chi connectivity index (χ1v) is 26.0. The third kappa shape index (κ3) is 16.1. The molecule has 0 amide bonds. The first kappa shape index (κ1) is 40.1. The number of rotatable bonds is 24. The van der Waals surface area contributed by atoms with E-state index in [2.05, 4.69) is 130 Å². The Balaban J connectivity index is 6.93. The van der Waals surface area contributed by atoms with Crippen molar-refractivity contribution >= 4 is 57.4 Å². The van der Waals surface area contributed by atoms with Gasteiger partial charge in [0.25, 0.3) is 0 Å². The van der Waals surface area contributed by atoms with Crippen molar-refractivity contribution in [1.29, 1.82) is 0 Å². The Morgan fingerprint density at radius 2 is 1.00 bits per heavy atom. The summed E-state index contributed by atoms with van der Waals surface area (Å²) >= 11 is 0. The Bertz CT molecular complexity index is 590. The average molecular weight is 647 g/mol. The quantitative estimate of drug-likeness (QED) is 0.0753. The molecule has 0 saturated carbocycles. The van der Waals surface area contributed by atoms with Gasteiger partial charge in [-0.3, -0.25) is 0 Å². The van der Waals surface area contributed by atoms with Crippen LogP contribution >= 0.6 is 57.4 Å². The lowest BCUT2D eigenvalue weighted by molar-refractivity contribution is 0.482. The average Bonchev–Trinajstić information content (AvgIpc) is 2.80. The number of unbranched alkanes of at least 4 members (excludes halogenated alkanes) is 9. The molecule has 6 heteroatoms. The van der Waals surface area contributed by atoms with Gasteiger partial charge in [-0.15, -0.1) is 0 Å². The van der Waals surface area contributed by atoms with Crippen molar-refractivity contribution in [3.8, 4) is 0 Å². The maximum Gasteiger partial charge on any atom is 0.0179 e. The third-order valence-corrected chi connectivity index (χ3v) is 42.9. The fourth-order valence-electron chi connectivity index (χ4n) is 4.35. The maximum absolute atomic E-state index is 2.79. The topological polar surface area (TPSA) is 0 Å². The van der Waals surface area contributed by atoms with E-state index in [0.29, 0.717) is 5.41 Å². The van der Waals surface area contributed by atoms with E-state index in [1.807, 2.05) is 0 Å². The lowest BCUT2D eigenvalue weighted by atomic mass is 10.0. The normalized spacial score (nSPS) is 15.2. The van der Waals surface area contributed by atoms with Crippen LogP contribution in [0.25, 0.3) is 0 Å². The van der Waals surface area contributed by atoms with E-state index in [4.69, 9.17) is 0 Å². The zero-order chi connectivity index (χ0) is 29.2. The molecular formula is C32H70S6. The maximum atomic E-state index is 2.53. The predicted molar refractivity (Wildman–Crippen MR) is 201 cm³/mol. The van der Waals surface area contributed by atoms with Gasteiger partial charge >= 0.3 is 0 Å². The highest BCUT2D eigenvalue weighted by Crippen LogP contribution is 3.23. The van der Waals surface area contributed by atoms with E-state index in [1.54, 1.807) is 0 Å². The minimum Gasteiger partial charge on any atom is -0.0941 e. The molecule has 0 bridgehead atoms. The van der Waals surface area contributed by atoms with Crippen LogP contribution in [0.5, 0.6) is 0 Å². The Morgan fingerprint density at radius 1 is 0.553 bits per heavy atom. The van der Waals surface area contributed by atoms with Gasteiger partial charge in [0.15, 0.2) is 0 Å². The van der Waals surface area contributed by atoms with Gasteiger partial charge in [-0.2, -0.15) is 0 Å². The second kappa shape index (κ2) is 18.7. The van der Waals surface area contributed by atoms with Crippen LogP contribution in [0.3, 0.4) is 0 Å². The molecule has 0 radical (unpaired) electrons. The molecule has 0 aromatic rings. The molecule has 0 atom stereocenters. The smallest absolute Gasteiger partial charge is 0.0179 e. The van der Waals surface area contributed by atoms with Gasteiger partial charge in [0.05, 0.1) is 0 Å². The fourth-order valence-corrected chi connectivity index (χ4v) is 47.4. The third-order valence-electron chi connectivity index (χ3n) is 6.40. The first-order valence-electron chi connectivity index (χ1n) is 16.0. The summed E-state index contributed by atoms with van der Waals surface area (Å²) in [7, 11) is 12.6. The molecule has 0 aliphatic heterocycles. The highest BCUT2D eigenvalue weighted by Gasteiger charge is 2.64. The van der Waals surface area contributed by atoms with Crippen molar-refractivity contribution in [3.63, 3.8) is 0 Å². The van der Waals surface area contributed by atoms with E-state index in [-0.39, 0.29) is 4.75 Å². The van der Waals surface area contributed by atoms with Gasteiger partial charge in [0, 0.05) is 33.5 Å². The zero-order valence-electron chi connectivity index (χ0n) is 27.8. The summed E-state index contributed by atoms with van der Waals surface area (Å²) in [6, 6.07) is 0. The monoisotopic (exact) mass is 646 g/mol. The molecule has 0 aromatic heterocycles. The second-order valence-corrected chi connectivity index (χ2v) is 43.8. The molecule has 0 aliphatic rings. The summed E-state index contributed by atoms with van der Waals surface area (Å²) < 4.78 is -2.54. The Hall–Kier alpha value is 2.10. The summed E-state index contributed by atoms with van der Waals surface area (Å²) in [4.78, 5) is 0. The molecular weight excluding hydrogens is 577 g/mol. The lowest BCUT2D eigenvalue weighted by Crippen LogP contribution is -2.30. The number of hydrogen-bond donors (Lipinski definition) is 0. The molecule has 0 spiro atoms. The van der Waals surface area contributed by atoms with E-state index in [9.17, 15) is 0 Å². The molecule has 0 aliphatic carbocycles. The van der Waals surface area contributed by atoms with Crippen LogP contribution < -0.4 is 0 Å². The zero-order valence-corrected chi connectivity index (χ0v) is 32.7. The molecule has 38 heavy (non-hydrogen) atoms. The second-order valence-electron chi connectivity index (χ2n) is 13.8. The van der Waals surface area contributed by atoms with Crippen LogP contribution in [0.15, 0.2) is 0 Å². The van der Waals surface area contributed by atoms with Crippen LogP contribution in [-0.2, 0) is 0 Å². The van der Waals surface area contributed by atoms with E-state index >= 15 is 0 Å². The highest BCUT2D eigenvalue weighted by molar-refractivity contribution is 9.97. The molecule has 0 N–H and O–H groups in total. The minimum atomic E-state index is -2.79. The van der Waals surface area contributed by atoms with Crippen LogP contribution in [0.2, 0.25) is 0 Å². The van der Waals surface area contributed by atoms with Gasteiger partial charge in [-0.1, -0.05) is 191 Å².